The van der Waals surface area contributed by atoms with Crippen molar-refractivity contribution in [1.82, 2.24) is 10.1 Å². The Bertz CT molecular complexity index is 565. The lowest BCUT2D eigenvalue weighted by atomic mass is 10.1. The summed E-state index contributed by atoms with van der Waals surface area (Å²) in [7, 11) is 1.66. The van der Waals surface area contributed by atoms with E-state index in [4.69, 9.17) is 15.0 Å². The Labute approximate surface area is 118 Å². The van der Waals surface area contributed by atoms with Crippen molar-refractivity contribution in [1.29, 1.82) is 0 Å². The molecule has 1 aliphatic rings. The lowest BCUT2D eigenvalue weighted by molar-refractivity contribution is 0.350. The monoisotopic (exact) mass is 273 g/mol. The van der Waals surface area contributed by atoms with Gasteiger partial charge < -0.3 is 15.0 Å². The number of aromatic nitrogens is 2. The summed E-state index contributed by atoms with van der Waals surface area (Å²) < 4.78 is 10.5. The first-order valence-corrected chi connectivity index (χ1v) is 6.95. The van der Waals surface area contributed by atoms with Crippen LogP contribution in [-0.2, 0) is 6.42 Å². The molecule has 0 unspecified atom stereocenters. The fraction of sp³-hybridized carbons (Fsp3) is 0.467. The Morgan fingerprint density at radius 1 is 1.30 bits per heavy atom. The number of benzene rings is 1. The Hall–Kier alpha value is -1.88. The second-order valence-corrected chi connectivity index (χ2v) is 5.34. The van der Waals surface area contributed by atoms with Gasteiger partial charge in [0.2, 0.25) is 5.89 Å². The first-order valence-electron chi connectivity index (χ1n) is 6.95. The van der Waals surface area contributed by atoms with E-state index in [1.807, 2.05) is 24.3 Å². The standard InChI is InChI=1S/C15H19N3O2/c1-19-13-6-2-10(3-7-13)8-14-17-15(20-18-14)11-4-5-12(16)9-11/h2-3,6-7,11-12H,4-5,8-9,16H2,1H3/t11-,12+/m1/s1. The lowest BCUT2D eigenvalue weighted by Crippen LogP contribution is -2.14. The van der Waals surface area contributed by atoms with Crippen molar-refractivity contribution in [3.63, 3.8) is 0 Å². The van der Waals surface area contributed by atoms with Gasteiger partial charge in [-0.3, -0.25) is 0 Å². The number of hydrogen-bond donors (Lipinski definition) is 1. The van der Waals surface area contributed by atoms with Crippen LogP contribution >= 0.6 is 0 Å². The zero-order valence-electron chi connectivity index (χ0n) is 11.6. The van der Waals surface area contributed by atoms with Gasteiger partial charge in [-0.25, -0.2) is 0 Å². The van der Waals surface area contributed by atoms with E-state index in [2.05, 4.69) is 10.1 Å². The van der Waals surface area contributed by atoms with Gasteiger partial charge in [0.25, 0.3) is 0 Å². The highest BCUT2D eigenvalue weighted by atomic mass is 16.5. The maximum Gasteiger partial charge on any atom is 0.229 e. The first-order chi connectivity index (χ1) is 9.74. The molecule has 20 heavy (non-hydrogen) atoms. The van der Waals surface area contributed by atoms with E-state index in [0.29, 0.717) is 12.3 Å². The van der Waals surface area contributed by atoms with Crippen molar-refractivity contribution in [3.8, 4) is 5.75 Å². The number of nitrogens with zero attached hydrogens (tertiary/aromatic N) is 2. The summed E-state index contributed by atoms with van der Waals surface area (Å²) in [6, 6.07) is 8.18. The number of methoxy groups -OCH3 is 1. The molecule has 3 rings (SSSR count). The zero-order chi connectivity index (χ0) is 13.9. The molecule has 1 aromatic carbocycles. The molecular weight excluding hydrogens is 254 g/mol. The summed E-state index contributed by atoms with van der Waals surface area (Å²) in [6.07, 6.45) is 3.71. The van der Waals surface area contributed by atoms with Gasteiger partial charge >= 0.3 is 0 Å². The van der Waals surface area contributed by atoms with Crippen molar-refractivity contribution in [2.75, 3.05) is 7.11 Å². The molecule has 1 aliphatic carbocycles. The number of nitrogens with two attached hydrogens (primary N) is 1. The highest BCUT2D eigenvalue weighted by Crippen LogP contribution is 2.32. The fourth-order valence-electron chi connectivity index (χ4n) is 2.67. The largest absolute Gasteiger partial charge is 0.497 e. The summed E-state index contributed by atoms with van der Waals surface area (Å²) in [5.41, 5.74) is 7.06. The normalized spacial score (nSPS) is 22.1. The molecule has 1 saturated carbocycles. The minimum absolute atomic E-state index is 0.275. The zero-order valence-corrected chi connectivity index (χ0v) is 11.6. The molecule has 0 aliphatic heterocycles. The molecule has 1 aromatic heterocycles. The summed E-state index contributed by atoms with van der Waals surface area (Å²) in [5, 5.41) is 4.07. The smallest absolute Gasteiger partial charge is 0.229 e. The van der Waals surface area contributed by atoms with Crippen molar-refractivity contribution < 1.29 is 9.26 Å². The van der Waals surface area contributed by atoms with Crippen LogP contribution in [0.3, 0.4) is 0 Å². The van der Waals surface area contributed by atoms with Crippen LogP contribution in [0.5, 0.6) is 5.75 Å². The molecule has 0 spiro atoms. The molecular formula is C15H19N3O2. The fourth-order valence-corrected chi connectivity index (χ4v) is 2.67. The lowest BCUT2D eigenvalue weighted by Gasteiger charge is -2.02. The van der Waals surface area contributed by atoms with Crippen LogP contribution in [0.25, 0.3) is 0 Å². The number of ether oxygens (including phenoxy) is 1. The molecule has 1 fully saturated rings. The predicted octanol–water partition coefficient (Wildman–Crippen LogP) is 2.26. The first kappa shape index (κ1) is 13.1. The minimum Gasteiger partial charge on any atom is -0.497 e. The highest BCUT2D eigenvalue weighted by molar-refractivity contribution is 5.28. The maximum atomic E-state index is 5.92. The second-order valence-electron chi connectivity index (χ2n) is 5.34. The number of hydrogen-bond acceptors (Lipinski definition) is 5. The van der Waals surface area contributed by atoms with Crippen LogP contribution in [0.4, 0.5) is 0 Å². The van der Waals surface area contributed by atoms with E-state index >= 15 is 0 Å². The molecule has 2 N–H and O–H groups in total. The Balaban J connectivity index is 1.67. The van der Waals surface area contributed by atoms with E-state index in [1.54, 1.807) is 7.11 Å². The number of rotatable bonds is 4. The van der Waals surface area contributed by atoms with Crippen LogP contribution in [0.15, 0.2) is 28.8 Å². The molecule has 5 heteroatoms. The highest BCUT2D eigenvalue weighted by Gasteiger charge is 2.27. The van der Waals surface area contributed by atoms with E-state index in [9.17, 15) is 0 Å². The molecule has 0 amide bonds. The van der Waals surface area contributed by atoms with Gasteiger partial charge in [0.05, 0.1) is 7.11 Å². The van der Waals surface area contributed by atoms with Crippen LogP contribution in [0, 0.1) is 0 Å². The van der Waals surface area contributed by atoms with Gasteiger partial charge in [0.15, 0.2) is 5.82 Å². The van der Waals surface area contributed by atoms with Crippen molar-refractivity contribution in [3.05, 3.63) is 41.5 Å². The molecule has 0 radical (unpaired) electrons. The molecule has 2 atom stereocenters. The van der Waals surface area contributed by atoms with Crippen molar-refractivity contribution in [2.24, 2.45) is 5.73 Å². The van der Waals surface area contributed by atoms with Gasteiger partial charge in [-0.2, -0.15) is 4.98 Å². The van der Waals surface area contributed by atoms with Crippen molar-refractivity contribution >= 4 is 0 Å². The molecule has 2 aromatic rings. The van der Waals surface area contributed by atoms with Gasteiger partial charge in [-0.05, 0) is 37.0 Å². The van der Waals surface area contributed by atoms with E-state index in [-0.39, 0.29) is 6.04 Å². The van der Waals surface area contributed by atoms with Crippen LogP contribution in [0.2, 0.25) is 0 Å². The average molecular weight is 273 g/mol. The van der Waals surface area contributed by atoms with Crippen LogP contribution in [-0.4, -0.2) is 23.3 Å². The second kappa shape index (κ2) is 5.63. The summed E-state index contributed by atoms with van der Waals surface area (Å²) >= 11 is 0. The summed E-state index contributed by atoms with van der Waals surface area (Å²) in [5.74, 6) is 2.65. The van der Waals surface area contributed by atoms with Gasteiger partial charge in [0, 0.05) is 18.4 Å². The molecule has 5 nitrogen and oxygen atoms in total. The van der Waals surface area contributed by atoms with Gasteiger partial charge in [-0.15, -0.1) is 0 Å². The topological polar surface area (TPSA) is 74.2 Å². The average Bonchev–Trinajstić information content (AvgIpc) is 3.09. The van der Waals surface area contributed by atoms with Crippen LogP contribution < -0.4 is 10.5 Å². The maximum absolute atomic E-state index is 5.92. The molecule has 1 heterocycles. The van der Waals surface area contributed by atoms with E-state index in [1.165, 1.54) is 0 Å². The third kappa shape index (κ3) is 2.82. The van der Waals surface area contributed by atoms with Crippen molar-refractivity contribution in [2.45, 2.75) is 37.6 Å². The summed E-state index contributed by atoms with van der Waals surface area (Å²) in [6.45, 7) is 0. The van der Waals surface area contributed by atoms with Gasteiger partial charge in [-0.1, -0.05) is 17.3 Å². The Morgan fingerprint density at radius 2 is 2.10 bits per heavy atom. The predicted molar refractivity (Wildman–Crippen MR) is 74.7 cm³/mol. The third-order valence-corrected chi connectivity index (χ3v) is 3.83. The molecule has 0 saturated heterocycles. The summed E-state index contributed by atoms with van der Waals surface area (Å²) in [4.78, 5) is 4.50. The van der Waals surface area contributed by atoms with Gasteiger partial charge in [0.1, 0.15) is 5.75 Å². The minimum atomic E-state index is 0.275. The molecule has 106 valence electrons. The van der Waals surface area contributed by atoms with E-state index < -0.39 is 0 Å². The SMILES string of the molecule is COc1ccc(Cc2noc([C@@H]3CC[C@H](N)C3)n2)cc1. The Kier molecular flexibility index (Phi) is 3.69. The third-order valence-electron chi connectivity index (χ3n) is 3.83. The quantitative estimate of drug-likeness (QED) is 0.925. The molecule has 0 bridgehead atoms. The van der Waals surface area contributed by atoms with Crippen LogP contribution in [0.1, 0.15) is 42.5 Å². The Morgan fingerprint density at radius 3 is 2.75 bits per heavy atom. The van der Waals surface area contributed by atoms with E-state index in [0.717, 1.165) is 42.3 Å².